The summed E-state index contributed by atoms with van der Waals surface area (Å²) in [5, 5.41) is 4.09. The van der Waals surface area contributed by atoms with E-state index in [1.807, 2.05) is 37.8 Å². The maximum absolute atomic E-state index is 13.1. The summed E-state index contributed by atoms with van der Waals surface area (Å²) in [6.45, 7) is 11.1. The molecule has 1 aliphatic heterocycles. The number of rotatable bonds is 4. The first-order valence-electron chi connectivity index (χ1n) is 11.7. The molecule has 0 atom stereocenters. The first-order chi connectivity index (χ1) is 16.8. The van der Waals surface area contributed by atoms with Crippen LogP contribution < -0.4 is 4.90 Å². The average molecular weight is 472 g/mol. The predicted octanol–water partition coefficient (Wildman–Crippen LogP) is 3.89. The SMILES string of the molecule is Cc1cccc(N2CCN(C(=O)c3cn(-c4cc(-c5nc(C(C)(C)C)no5)ccn4)cn3)CC2)c1. The number of imidazole rings is 1. The van der Waals surface area contributed by atoms with Gasteiger partial charge in [0.2, 0.25) is 0 Å². The molecule has 0 bridgehead atoms. The molecule has 5 rings (SSSR count). The number of carbonyl (C=O) groups is 1. The standard InChI is InChI=1S/C26H29N7O2/c1-18-6-5-7-20(14-18)31-10-12-32(13-11-31)24(34)21-16-33(17-28-21)22-15-19(8-9-27-22)23-29-25(30-35-23)26(2,3)4/h5-9,14-17H,10-13H2,1-4H3. The van der Waals surface area contributed by atoms with Crippen molar-refractivity contribution in [3.8, 4) is 17.3 Å². The van der Waals surface area contributed by atoms with Crippen molar-refractivity contribution in [1.29, 1.82) is 0 Å². The molecular formula is C26H29N7O2. The van der Waals surface area contributed by atoms with E-state index in [0.717, 1.165) is 18.7 Å². The van der Waals surface area contributed by atoms with E-state index < -0.39 is 0 Å². The summed E-state index contributed by atoms with van der Waals surface area (Å²) in [4.78, 5) is 30.6. The van der Waals surface area contributed by atoms with Crippen molar-refractivity contribution < 1.29 is 9.32 Å². The van der Waals surface area contributed by atoms with Gasteiger partial charge in [0.1, 0.15) is 17.8 Å². The van der Waals surface area contributed by atoms with Crippen molar-refractivity contribution in [2.24, 2.45) is 0 Å². The molecule has 0 spiro atoms. The van der Waals surface area contributed by atoms with E-state index in [0.29, 0.717) is 36.3 Å². The molecule has 1 aromatic carbocycles. The molecule has 0 unspecified atom stereocenters. The zero-order chi connectivity index (χ0) is 24.6. The number of piperazine rings is 1. The molecule has 9 nitrogen and oxygen atoms in total. The maximum atomic E-state index is 13.1. The van der Waals surface area contributed by atoms with E-state index in [1.165, 1.54) is 11.3 Å². The van der Waals surface area contributed by atoms with Gasteiger partial charge < -0.3 is 14.3 Å². The van der Waals surface area contributed by atoms with Gasteiger partial charge >= 0.3 is 0 Å². The third-order valence-corrected chi connectivity index (χ3v) is 6.09. The summed E-state index contributed by atoms with van der Waals surface area (Å²) in [6, 6.07) is 12.1. The molecule has 0 aliphatic carbocycles. The topological polar surface area (TPSA) is 93.2 Å². The number of aryl methyl sites for hydroxylation is 1. The first kappa shape index (κ1) is 22.8. The fourth-order valence-electron chi connectivity index (χ4n) is 4.05. The Labute approximate surface area is 204 Å². The zero-order valence-corrected chi connectivity index (χ0v) is 20.5. The first-order valence-corrected chi connectivity index (χ1v) is 11.7. The molecule has 4 heterocycles. The Kier molecular flexibility index (Phi) is 5.84. The summed E-state index contributed by atoms with van der Waals surface area (Å²) >= 11 is 0. The van der Waals surface area contributed by atoms with Gasteiger partial charge in [0.05, 0.1) is 0 Å². The molecule has 0 N–H and O–H groups in total. The Hall–Kier alpha value is -4.01. The number of hydrogen-bond acceptors (Lipinski definition) is 7. The van der Waals surface area contributed by atoms with Gasteiger partial charge in [-0.15, -0.1) is 0 Å². The van der Waals surface area contributed by atoms with Crippen LogP contribution in [0.4, 0.5) is 5.69 Å². The van der Waals surface area contributed by atoms with Crippen molar-refractivity contribution in [3.63, 3.8) is 0 Å². The van der Waals surface area contributed by atoms with Crippen LogP contribution in [0.25, 0.3) is 17.3 Å². The van der Waals surface area contributed by atoms with Crippen molar-refractivity contribution >= 4 is 11.6 Å². The van der Waals surface area contributed by atoms with Gasteiger partial charge in [-0.2, -0.15) is 4.98 Å². The zero-order valence-electron chi connectivity index (χ0n) is 20.5. The highest BCUT2D eigenvalue weighted by Crippen LogP contribution is 2.24. The van der Waals surface area contributed by atoms with Crippen molar-refractivity contribution in [2.45, 2.75) is 33.1 Å². The largest absolute Gasteiger partial charge is 0.368 e. The number of amides is 1. The predicted molar refractivity (Wildman–Crippen MR) is 133 cm³/mol. The van der Waals surface area contributed by atoms with E-state index in [-0.39, 0.29) is 11.3 Å². The highest BCUT2D eigenvalue weighted by Gasteiger charge is 2.25. The minimum Gasteiger partial charge on any atom is -0.368 e. The van der Waals surface area contributed by atoms with Crippen LogP contribution in [0.15, 0.2) is 59.6 Å². The highest BCUT2D eigenvalue weighted by atomic mass is 16.5. The van der Waals surface area contributed by atoms with Crippen LogP contribution in [-0.4, -0.2) is 61.7 Å². The van der Waals surface area contributed by atoms with Crippen LogP contribution in [0.5, 0.6) is 0 Å². The van der Waals surface area contributed by atoms with Gasteiger partial charge in [-0.1, -0.05) is 38.1 Å². The van der Waals surface area contributed by atoms with Crippen LogP contribution >= 0.6 is 0 Å². The van der Waals surface area contributed by atoms with Gasteiger partial charge in [-0.3, -0.25) is 9.36 Å². The van der Waals surface area contributed by atoms with Gasteiger partial charge in [0, 0.05) is 55.2 Å². The third-order valence-electron chi connectivity index (χ3n) is 6.09. The molecule has 1 saturated heterocycles. The summed E-state index contributed by atoms with van der Waals surface area (Å²) in [5.74, 6) is 1.62. The fraction of sp³-hybridized carbons (Fsp3) is 0.346. The molecule has 4 aromatic rings. The average Bonchev–Trinajstić information content (AvgIpc) is 3.54. The quantitative estimate of drug-likeness (QED) is 0.446. The maximum Gasteiger partial charge on any atom is 0.274 e. The lowest BCUT2D eigenvalue weighted by atomic mass is 9.96. The van der Waals surface area contributed by atoms with E-state index in [9.17, 15) is 4.79 Å². The summed E-state index contributed by atoms with van der Waals surface area (Å²) in [7, 11) is 0. The molecular weight excluding hydrogens is 442 g/mol. The Morgan fingerprint density at radius 2 is 1.83 bits per heavy atom. The molecule has 9 heteroatoms. The number of hydrogen-bond donors (Lipinski definition) is 0. The molecule has 1 fully saturated rings. The van der Waals surface area contributed by atoms with Crippen LogP contribution in [-0.2, 0) is 5.41 Å². The Morgan fingerprint density at radius 1 is 1.03 bits per heavy atom. The number of anilines is 1. The van der Waals surface area contributed by atoms with Crippen LogP contribution in [0.2, 0.25) is 0 Å². The van der Waals surface area contributed by atoms with E-state index in [2.05, 4.69) is 56.2 Å². The molecule has 1 amide bonds. The molecule has 180 valence electrons. The van der Waals surface area contributed by atoms with Gasteiger partial charge in [-0.05, 0) is 36.8 Å². The van der Waals surface area contributed by atoms with Crippen molar-refractivity contribution in [3.05, 3.63) is 72.2 Å². The van der Waals surface area contributed by atoms with Crippen molar-refractivity contribution in [1.82, 2.24) is 29.6 Å². The Balaban J connectivity index is 1.28. The second kappa shape index (κ2) is 8.98. The lowest BCUT2D eigenvalue weighted by Crippen LogP contribution is -2.48. The minimum atomic E-state index is -0.206. The number of carbonyl (C=O) groups excluding carboxylic acids is 1. The van der Waals surface area contributed by atoms with Gasteiger partial charge in [0.25, 0.3) is 11.8 Å². The third kappa shape index (κ3) is 4.80. The van der Waals surface area contributed by atoms with Gasteiger partial charge in [-0.25, -0.2) is 9.97 Å². The van der Waals surface area contributed by atoms with Crippen LogP contribution in [0.3, 0.4) is 0 Å². The smallest absolute Gasteiger partial charge is 0.274 e. The Bertz CT molecular complexity index is 1340. The summed E-state index contributed by atoms with van der Waals surface area (Å²) in [5.41, 5.74) is 3.38. The summed E-state index contributed by atoms with van der Waals surface area (Å²) in [6.07, 6.45) is 5.00. The monoisotopic (exact) mass is 471 g/mol. The van der Waals surface area contributed by atoms with E-state index in [4.69, 9.17) is 4.52 Å². The number of benzene rings is 1. The normalized spacial score (nSPS) is 14.4. The second-order valence-electron chi connectivity index (χ2n) is 9.86. The number of aromatic nitrogens is 5. The second-order valence-corrected chi connectivity index (χ2v) is 9.86. The molecule has 35 heavy (non-hydrogen) atoms. The Morgan fingerprint density at radius 3 is 2.54 bits per heavy atom. The fourth-order valence-corrected chi connectivity index (χ4v) is 4.05. The van der Waals surface area contributed by atoms with E-state index >= 15 is 0 Å². The lowest BCUT2D eigenvalue weighted by Gasteiger charge is -2.36. The molecule has 0 saturated carbocycles. The van der Waals surface area contributed by atoms with Crippen molar-refractivity contribution in [2.75, 3.05) is 31.1 Å². The molecule has 1 aliphatic rings. The van der Waals surface area contributed by atoms with Gasteiger partial charge in [0.15, 0.2) is 5.82 Å². The summed E-state index contributed by atoms with van der Waals surface area (Å²) < 4.78 is 7.20. The van der Waals surface area contributed by atoms with Crippen LogP contribution in [0, 0.1) is 6.92 Å². The molecule has 0 radical (unpaired) electrons. The number of pyridine rings is 1. The minimum absolute atomic E-state index is 0.0736. The van der Waals surface area contributed by atoms with E-state index in [1.54, 1.807) is 23.3 Å². The number of nitrogens with zero attached hydrogens (tertiary/aromatic N) is 7. The lowest BCUT2D eigenvalue weighted by molar-refractivity contribution is 0.0741. The highest BCUT2D eigenvalue weighted by molar-refractivity contribution is 5.92. The van der Waals surface area contributed by atoms with Crippen LogP contribution in [0.1, 0.15) is 42.6 Å². The molecule has 3 aromatic heterocycles.